The topological polar surface area (TPSA) is 84.9 Å². The Labute approximate surface area is 195 Å². The number of amides is 1. The lowest BCUT2D eigenvalue weighted by Gasteiger charge is -2.21. The average molecular weight is 491 g/mol. The molecule has 7 nitrogen and oxygen atoms in total. The third-order valence-electron chi connectivity index (χ3n) is 5.12. The van der Waals surface area contributed by atoms with E-state index < -0.39 is 21.7 Å². The first-order valence-electron chi connectivity index (χ1n) is 9.97. The summed E-state index contributed by atoms with van der Waals surface area (Å²) in [6, 6.07) is 14.3. The van der Waals surface area contributed by atoms with Crippen LogP contribution < -0.4 is 19.1 Å². The number of sulfonamides is 1. The molecule has 0 aliphatic carbocycles. The Morgan fingerprint density at radius 1 is 1.09 bits per heavy atom. The van der Waals surface area contributed by atoms with Crippen LogP contribution in [0.25, 0.3) is 0 Å². The number of nitrogens with zero attached hydrogens (tertiary/aromatic N) is 1. The van der Waals surface area contributed by atoms with Crippen molar-refractivity contribution in [2.45, 2.75) is 11.4 Å². The largest absolute Gasteiger partial charge is 0.486 e. The lowest BCUT2D eigenvalue weighted by molar-refractivity contribution is 0.0950. The number of nitrogens with one attached hydrogen (secondary N) is 1. The molecule has 3 aromatic rings. The summed E-state index contributed by atoms with van der Waals surface area (Å²) in [6.07, 6.45) is 0. The van der Waals surface area contributed by atoms with Crippen LogP contribution >= 0.6 is 11.6 Å². The first-order valence-corrected chi connectivity index (χ1v) is 11.8. The minimum Gasteiger partial charge on any atom is -0.486 e. The number of ether oxygens (including phenoxy) is 2. The van der Waals surface area contributed by atoms with Crippen molar-refractivity contribution in [2.75, 3.05) is 24.6 Å². The van der Waals surface area contributed by atoms with Crippen molar-refractivity contribution >= 4 is 33.2 Å². The fourth-order valence-corrected chi connectivity index (χ4v) is 4.76. The predicted molar refractivity (Wildman–Crippen MR) is 122 cm³/mol. The summed E-state index contributed by atoms with van der Waals surface area (Å²) in [5.41, 5.74) is 0.997. The van der Waals surface area contributed by atoms with E-state index in [1.54, 1.807) is 18.2 Å². The van der Waals surface area contributed by atoms with Gasteiger partial charge in [0.25, 0.3) is 15.9 Å². The standard InChI is InChI=1S/C23H20ClFN2O5S/c1-27(17-7-5-16(25)6-8-17)33(29,30)18-9-10-20(24)19(13-18)23(28)26-14-15-3-2-4-21-22(15)32-12-11-31-21/h2-10,13H,11-12,14H2,1H3,(H,26,28). The minimum absolute atomic E-state index is 0.00668. The number of carbonyl (C=O) groups is 1. The smallest absolute Gasteiger partial charge is 0.264 e. The van der Waals surface area contributed by atoms with Gasteiger partial charge in [-0.05, 0) is 48.5 Å². The van der Waals surface area contributed by atoms with Gasteiger partial charge in [0, 0.05) is 19.2 Å². The molecule has 1 aliphatic rings. The van der Waals surface area contributed by atoms with Crippen LogP contribution in [0.4, 0.5) is 10.1 Å². The van der Waals surface area contributed by atoms with E-state index in [4.69, 9.17) is 21.1 Å². The molecule has 0 spiro atoms. The van der Waals surface area contributed by atoms with Gasteiger partial charge in [-0.1, -0.05) is 23.7 Å². The van der Waals surface area contributed by atoms with Gasteiger partial charge in [-0.3, -0.25) is 9.10 Å². The zero-order chi connectivity index (χ0) is 23.6. The zero-order valence-corrected chi connectivity index (χ0v) is 19.1. The van der Waals surface area contributed by atoms with Crippen LogP contribution in [-0.2, 0) is 16.6 Å². The lowest BCUT2D eigenvalue weighted by atomic mass is 10.1. The summed E-state index contributed by atoms with van der Waals surface area (Å²) in [4.78, 5) is 12.7. The van der Waals surface area contributed by atoms with Gasteiger partial charge in [0.2, 0.25) is 0 Å². The highest BCUT2D eigenvalue weighted by atomic mass is 35.5. The summed E-state index contributed by atoms with van der Waals surface area (Å²) in [6.45, 7) is 0.992. The van der Waals surface area contributed by atoms with Crippen molar-refractivity contribution in [3.63, 3.8) is 0 Å². The number of halogens is 2. The summed E-state index contributed by atoms with van der Waals surface area (Å²) in [5.74, 6) is 0.137. The minimum atomic E-state index is -4.02. The summed E-state index contributed by atoms with van der Waals surface area (Å²) in [7, 11) is -2.68. The third-order valence-corrected chi connectivity index (χ3v) is 7.23. The molecule has 0 aromatic heterocycles. The number of para-hydroxylation sites is 1. The number of benzene rings is 3. The van der Waals surface area contributed by atoms with Crippen molar-refractivity contribution < 1.29 is 27.1 Å². The highest BCUT2D eigenvalue weighted by molar-refractivity contribution is 7.92. The fourth-order valence-electron chi connectivity index (χ4n) is 3.33. The lowest BCUT2D eigenvalue weighted by Crippen LogP contribution is -2.28. The van der Waals surface area contributed by atoms with E-state index in [0.717, 1.165) is 9.87 Å². The normalized spacial score (nSPS) is 12.8. The fraction of sp³-hybridized carbons (Fsp3) is 0.174. The Kier molecular flexibility index (Phi) is 6.44. The summed E-state index contributed by atoms with van der Waals surface area (Å²) in [5, 5.41) is 2.85. The van der Waals surface area contributed by atoms with Crippen LogP contribution in [0, 0.1) is 5.82 Å². The molecule has 1 amide bonds. The van der Waals surface area contributed by atoms with Crippen molar-refractivity contribution in [1.29, 1.82) is 0 Å². The van der Waals surface area contributed by atoms with Gasteiger partial charge in [-0.2, -0.15) is 0 Å². The van der Waals surface area contributed by atoms with Crippen molar-refractivity contribution in [3.05, 3.63) is 82.6 Å². The Balaban J connectivity index is 1.56. The van der Waals surface area contributed by atoms with E-state index in [9.17, 15) is 17.6 Å². The van der Waals surface area contributed by atoms with Gasteiger partial charge in [0.1, 0.15) is 19.0 Å². The molecule has 0 bridgehead atoms. The molecule has 0 unspecified atom stereocenters. The molecule has 0 atom stereocenters. The SMILES string of the molecule is CN(c1ccc(F)cc1)S(=O)(=O)c1ccc(Cl)c(C(=O)NCc2cccc3c2OCCO3)c1. The molecule has 33 heavy (non-hydrogen) atoms. The van der Waals surface area contributed by atoms with Crippen molar-refractivity contribution in [1.82, 2.24) is 5.32 Å². The van der Waals surface area contributed by atoms with Crippen LogP contribution in [0.3, 0.4) is 0 Å². The predicted octanol–water partition coefficient (Wildman–Crippen LogP) is 4.01. The number of hydrogen-bond donors (Lipinski definition) is 1. The Morgan fingerprint density at radius 3 is 2.58 bits per heavy atom. The highest BCUT2D eigenvalue weighted by Gasteiger charge is 2.24. The Hall–Kier alpha value is -3.30. The molecule has 3 aromatic carbocycles. The van der Waals surface area contributed by atoms with E-state index in [1.807, 2.05) is 0 Å². The molecule has 1 N–H and O–H groups in total. The second kappa shape index (κ2) is 9.29. The quantitative estimate of drug-likeness (QED) is 0.564. The van der Waals surface area contributed by atoms with Crippen LogP contribution in [0.5, 0.6) is 11.5 Å². The number of fused-ring (bicyclic) bond motifs is 1. The number of rotatable bonds is 6. The molecule has 0 saturated carbocycles. The zero-order valence-electron chi connectivity index (χ0n) is 17.5. The summed E-state index contributed by atoms with van der Waals surface area (Å²) >= 11 is 6.20. The molecule has 1 aliphatic heterocycles. The van der Waals surface area contributed by atoms with E-state index in [1.165, 1.54) is 49.5 Å². The van der Waals surface area contributed by atoms with Crippen LogP contribution in [0.2, 0.25) is 5.02 Å². The molecule has 10 heteroatoms. The molecule has 0 saturated heterocycles. The maximum Gasteiger partial charge on any atom is 0.264 e. The summed E-state index contributed by atoms with van der Waals surface area (Å²) < 4.78 is 51.5. The van der Waals surface area contributed by atoms with E-state index >= 15 is 0 Å². The molecule has 172 valence electrons. The van der Waals surface area contributed by atoms with E-state index in [-0.39, 0.29) is 27.7 Å². The number of carbonyl (C=O) groups excluding carboxylic acids is 1. The van der Waals surface area contributed by atoms with Gasteiger partial charge >= 0.3 is 0 Å². The first-order chi connectivity index (χ1) is 15.8. The molecular formula is C23H20ClFN2O5S. The third kappa shape index (κ3) is 4.74. The second-order valence-electron chi connectivity index (χ2n) is 7.21. The maximum absolute atomic E-state index is 13.2. The van der Waals surface area contributed by atoms with Crippen LogP contribution in [0.15, 0.2) is 65.6 Å². The van der Waals surface area contributed by atoms with Crippen LogP contribution in [-0.4, -0.2) is 34.6 Å². The van der Waals surface area contributed by atoms with Gasteiger partial charge in [0.15, 0.2) is 11.5 Å². The van der Waals surface area contributed by atoms with Crippen molar-refractivity contribution in [3.8, 4) is 11.5 Å². The van der Waals surface area contributed by atoms with E-state index in [2.05, 4.69) is 5.32 Å². The van der Waals surface area contributed by atoms with Gasteiger partial charge in [-0.15, -0.1) is 0 Å². The monoisotopic (exact) mass is 490 g/mol. The van der Waals surface area contributed by atoms with Crippen LogP contribution in [0.1, 0.15) is 15.9 Å². The Bertz CT molecular complexity index is 1300. The van der Waals surface area contributed by atoms with Gasteiger partial charge < -0.3 is 14.8 Å². The van der Waals surface area contributed by atoms with Crippen molar-refractivity contribution in [2.24, 2.45) is 0 Å². The van der Waals surface area contributed by atoms with E-state index in [0.29, 0.717) is 24.7 Å². The molecular weight excluding hydrogens is 471 g/mol. The van der Waals surface area contributed by atoms with Gasteiger partial charge in [-0.25, -0.2) is 12.8 Å². The molecule has 4 rings (SSSR count). The second-order valence-corrected chi connectivity index (χ2v) is 9.59. The molecule has 1 heterocycles. The molecule has 0 fully saturated rings. The first kappa shape index (κ1) is 22.9. The number of hydrogen-bond acceptors (Lipinski definition) is 5. The van der Waals surface area contributed by atoms with Gasteiger partial charge in [0.05, 0.1) is 21.2 Å². The Morgan fingerprint density at radius 2 is 1.82 bits per heavy atom. The highest BCUT2D eigenvalue weighted by Crippen LogP contribution is 2.33. The number of anilines is 1. The maximum atomic E-state index is 13.2. The average Bonchev–Trinajstić information content (AvgIpc) is 2.82. The molecule has 0 radical (unpaired) electrons.